The SMILES string of the molecule is COc1ccc2[nH]cc(C3CCN(C(=O)CCc4nc(-c5ccncc5)no4)CC3)c2c1. The first-order chi connectivity index (χ1) is 15.7. The predicted molar refractivity (Wildman–Crippen MR) is 119 cm³/mol. The molecule has 164 valence electrons. The molecule has 4 aromatic rings. The van der Waals surface area contributed by atoms with E-state index in [1.165, 1.54) is 10.9 Å². The Morgan fingerprint density at radius 2 is 2.03 bits per heavy atom. The fraction of sp³-hybridized carbons (Fsp3) is 0.333. The number of aromatic amines is 1. The number of likely N-dealkylation sites (tertiary alicyclic amines) is 1. The number of carbonyl (C=O) groups excluding carboxylic acids is 1. The van der Waals surface area contributed by atoms with Gasteiger partial charge < -0.3 is 19.1 Å². The second-order valence-electron chi connectivity index (χ2n) is 8.06. The highest BCUT2D eigenvalue weighted by Gasteiger charge is 2.26. The summed E-state index contributed by atoms with van der Waals surface area (Å²) in [5.74, 6) is 2.42. The van der Waals surface area contributed by atoms with Crippen LogP contribution < -0.4 is 4.74 Å². The lowest BCUT2D eigenvalue weighted by molar-refractivity contribution is -0.132. The van der Waals surface area contributed by atoms with Gasteiger partial charge in [0.05, 0.1) is 7.11 Å². The van der Waals surface area contributed by atoms with Crippen molar-refractivity contribution in [1.29, 1.82) is 0 Å². The van der Waals surface area contributed by atoms with Crippen LogP contribution in [0.5, 0.6) is 5.75 Å². The van der Waals surface area contributed by atoms with E-state index in [4.69, 9.17) is 9.26 Å². The smallest absolute Gasteiger partial charge is 0.227 e. The molecule has 0 spiro atoms. The third-order valence-electron chi connectivity index (χ3n) is 6.17. The Balaban J connectivity index is 1.16. The number of amides is 1. The standard InChI is InChI=1S/C24H25N5O3/c1-31-18-2-3-21-19(14-18)20(15-26-21)16-8-12-29(13-9-16)23(30)5-4-22-27-24(28-32-22)17-6-10-25-11-7-17/h2-3,6-7,10-11,14-16,26H,4-5,8-9,12-13H2,1H3. The second-order valence-corrected chi connectivity index (χ2v) is 8.06. The lowest BCUT2D eigenvalue weighted by Gasteiger charge is -2.32. The first-order valence-corrected chi connectivity index (χ1v) is 10.9. The minimum Gasteiger partial charge on any atom is -0.497 e. The van der Waals surface area contributed by atoms with Crippen LogP contribution in [0.3, 0.4) is 0 Å². The van der Waals surface area contributed by atoms with Gasteiger partial charge >= 0.3 is 0 Å². The molecule has 0 saturated carbocycles. The third kappa shape index (κ3) is 4.08. The van der Waals surface area contributed by atoms with Crippen LogP contribution in [0.1, 0.15) is 36.6 Å². The molecule has 5 rings (SSSR count). The van der Waals surface area contributed by atoms with Crippen LogP contribution in [0, 0.1) is 0 Å². The predicted octanol–water partition coefficient (Wildman–Crippen LogP) is 3.96. The number of nitrogens with one attached hydrogen (secondary N) is 1. The number of H-pyrrole nitrogens is 1. The van der Waals surface area contributed by atoms with E-state index in [1.807, 2.05) is 29.2 Å². The van der Waals surface area contributed by atoms with E-state index < -0.39 is 0 Å². The summed E-state index contributed by atoms with van der Waals surface area (Å²) < 4.78 is 10.7. The molecule has 1 aromatic carbocycles. The summed E-state index contributed by atoms with van der Waals surface area (Å²) in [6, 6.07) is 9.76. The third-order valence-corrected chi connectivity index (χ3v) is 6.17. The molecule has 0 atom stereocenters. The van der Waals surface area contributed by atoms with Gasteiger partial charge in [0.15, 0.2) is 0 Å². The van der Waals surface area contributed by atoms with E-state index in [9.17, 15) is 4.79 Å². The molecule has 8 heteroatoms. The molecule has 1 fully saturated rings. The van der Waals surface area contributed by atoms with Gasteiger partial charge in [-0.3, -0.25) is 9.78 Å². The maximum Gasteiger partial charge on any atom is 0.227 e. The van der Waals surface area contributed by atoms with E-state index in [-0.39, 0.29) is 5.91 Å². The van der Waals surface area contributed by atoms with Gasteiger partial charge in [0, 0.05) is 61.0 Å². The minimum absolute atomic E-state index is 0.132. The Bertz CT molecular complexity index is 1210. The van der Waals surface area contributed by atoms with Gasteiger partial charge in [-0.2, -0.15) is 4.98 Å². The number of hydrogen-bond donors (Lipinski definition) is 1. The number of piperidine rings is 1. The molecule has 1 aliphatic rings. The normalized spacial score (nSPS) is 14.7. The van der Waals surface area contributed by atoms with Crippen LogP contribution in [0.25, 0.3) is 22.3 Å². The highest BCUT2D eigenvalue weighted by molar-refractivity contribution is 5.85. The summed E-state index contributed by atoms with van der Waals surface area (Å²) in [7, 11) is 1.69. The summed E-state index contributed by atoms with van der Waals surface area (Å²) in [5.41, 5.74) is 3.27. The number of hydrogen-bond acceptors (Lipinski definition) is 6. The van der Waals surface area contributed by atoms with Crippen molar-refractivity contribution in [3.05, 3.63) is 60.4 Å². The molecular formula is C24H25N5O3. The summed E-state index contributed by atoms with van der Waals surface area (Å²) in [5, 5.41) is 5.21. The fourth-order valence-electron chi connectivity index (χ4n) is 4.37. The van der Waals surface area contributed by atoms with E-state index in [0.29, 0.717) is 30.5 Å². The zero-order valence-electron chi connectivity index (χ0n) is 18.0. The van der Waals surface area contributed by atoms with Crippen LogP contribution in [-0.2, 0) is 11.2 Å². The van der Waals surface area contributed by atoms with Crippen molar-refractivity contribution in [2.75, 3.05) is 20.2 Å². The highest BCUT2D eigenvalue weighted by Crippen LogP contribution is 2.34. The first kappa shape index (κ1) is 20.2. The molecule has 0 unspecified atom stereocenters. The molecule has 0 bridgehead atoms. The van der Waals surface area contributed by atoms with Crippen molar-refractivity contribution in [3.8, 4) is 17.1 Å². The van der Waals surface area contributed by atoms with E-state index >= 15 is 0 Å². The molecule has 32 heavy (non-hydrogen) atoms. The van der Waals surface area contributed by atoms with Crippen LogP contribution in [-0.4, -0.2) is 51.1 Å². The van der Waals surface area contributed by atoms with Crippen molar-refractivity contribution in [1.82, 2.24) is 25.0 Å². The Morgan fingerprint density at radius 1 is 1.22 bits per heavy atom. The van der Waals surface area contributed by atoms with Crippen LogP contribution in [0.15, 0.2) is 53.4 Å². The number of methoxy groups -OCH3 is 1. The van der Waals surface area contributed by atoms with E-state index in [2.05, 4.69) is 32.4 Å². The van der Waals surface area contributed by atoms with Gasteiger partial charge in [-0.15, -0.1) is 0 Å². The zero-order chi connectivity index (χ0) is 21.9. The minimum atomic E-state index is 0.132. The average Bonchev–Trinajstić information content (AvgIpc) is 3.50. The highest BCUT2D eigenvalue weighted by atomic mass is 16.5. The number of rotatable bonds is 6. The molecule has 0 radical (unpaired) electrons. The van der Waals surface area contributed by atoms with E-state index in [0.717, 1.165) is 42.8 Å². The summed E-state index contributed by atoms with van der Waals surface area (Å²) in [6.45, 7) is 1.51. The van der Waals surface area contributed by atoms with Crippen LogP contribution >= 0.6 is 0 Å². The monoisotopic (exact) mass is 431 g/mol. The van der Waals surface area contributed by atoms with Gasteiger partial charge in [0.1, 0.15) is 5.75 Å². The molecule has 1 amide bonds. The second kappa shape index (κ2) is 8.82. The number of nitrogens with zero attached hydrogens (tertiary/aromatic N) is 4. The molecule has 1 aliphatic heterocycles. The van der Waals surface area contributed by atoms with E-state index in [1.54, 1.807) is 19.5 Å². The van der Waals surface area contributed by atoms with Gasteiger partial charge in [-0.05, 0) is 54.7 Å². The quantitative estimate of drug-likeness (QED) is 0.496. The largest absolute Gasteiger partial charge is 0.497 e. The van der Waals surface area contributed by atoms with Crippen molar-refractivity contribution < 1.29 is 14.1 Å². The number of aromatic nitrogens is 4. The molecule has 1 N–H and O–H groups in total. The Labute approximate surface area is 185 Å². The molecule has 1 saturated heterocycles. The summed E-state index contributed by atoms with van der Waals surface area (Å²) in [4.78, 5) is 26.4. The zero-order valence-corrected chi connectivity index (χ0v) is 18.0. The number of ether oxygens (including phenoxy) is 1. The molecule has 8 nitrogen and oxygen atoms in total. The Kier molecular flexibility index (Phi) is 5.58. The number of carbonyl (C=O) groups is 1. The van der Waals surface area contributed by atoms with Crippen molar-refractivity contribution >= 4 is 16.8 Å². The number of benzene rings is 1. The van der Waals surface area contributed by atoms with Crippen molar-refractivity contribution in [2.45, 2.75) is 31.6 Å². The molecule has 4 heterocycles. The Hall–Kier alpha value is -3.68. The van der Waals surface area contributed by atoms with Crippen LogP contribution in [0.4, 0.5) is 0 Å². The molecule has 0 aliphatic carbocycles. The Morgan fingerprint density at radius 3 is 2.81 bits per heavy atom. The topological polar surface area (TPSA) is 97.1 Å². The number of fused-ring (bicyclic) bond motifs is 1. The van der Waals surface area contributed by atoms with Gasteiger partial charge in [-0.1, -0.05) is 5.16 Å². The van der Waals surface area contributed by atoms with Crippen LogP contribution in [0.2, 0.25) is 0 Å². The van der Waals surface area contributed by atoms with Crippen molar-refractivity contribution in [2.24, 2.45) is 0 Å². The summed E-state index contributed by atoms with van der Waals surface area (Å²) >= 11 is 0. The van der Waals surface area contributed by atoms with Gasteiger partial charge in [-0.25, -0.2) is 0 Å². The van der Waals surface area contributed by atoms with Gasteiger partial charge in [0.25, 0.3) is 0 Å². The maximum absolute atomic E-state index is 12.7. The lowest BCUT2D eigenvalue weighted by atomic mass is 9.89. The fourth-order valence-corrected chi connectivity index (χ4v) is 4.37. The molecule has 3 aromatic heterocycles. The first-order valence-electron chi connectivity index (χ1n) is 10.9. The average molecular weight is 431 g/mol. The number of aryl methyl sites for hydroxylation is 1. The van der Waals surface area contributed by atoms with Gasteiger partial charge in [0.2, 0.25) is 17.6 Å². The summed E-state index contributed by atoms with van der Waals surface area (Å²) in [6.07, 6.45) is 8.18. The van der Waals surface area contributed by atoms with Crippen molar-refractivity contribution in [3.63, 3.8) is 0 Å². The number of pyridine rings is 1. The lowest BCUT2D eigenvalue weighted by Crippen LogP contribution is -2.38. The maximum atomic E-state index is 12.7. The molecular weight excluding hydrogens is 406 g/mol.